The van der Waals surface area contributed by atoms with Crippen LogP contribution in [0.1, 0.15) is 35.7 Å². The normalized spacial score (nSPS) is 18.4. The van der Waals surface area contributed by atoms with E-state index in [1.807, 2.05) is 24.0 Å². The summed E-state index contributed by atoms with van der Waals surface area (Å²) in [6.07, 6.45) is 1.60. The number of ether oxygens (including phenoxy) is 1. The predicted octanol–water partition coefficient (Wildman–Crippen LogP) is 5.24. The minimum Gasteiger partial charge on any atom is -0.454 e. The maximum Gasteiger partial charge on any atom is 0.259 e. The lowest BCUT2D eigenvalue weighted by atomic mass is 10.0. The molecular weight excluding hydrogens is 531 g/mol. The van der Waals surface area contributed by atoms with Gasteiger partial charge in [0.25, 0.3) is 5.91 Å². The third-order valence-corrected chi connectivity index (χ3v) is 10.0. The standard InChI is InChI=1S/C30H33FN4O4S/c1-20-9-11-35(12-10-20)40(37,38)29-18-24-28(39-27-8-3-21(2)17-25(27)32-30(24)36)19-26(29)34-15-13-33(14-16-34)23-6-4-22(31)5-7-23/h3-8,17-20H,9-16H2,1-2H3,(H,32,36). The number of piperidine rings is 1. The topological polar surface area (TPSA) is 82.2 Å². The Morgan fingerprint density at radius 1 is 0.875 bits per heavy atom. The van der Waals surface area contributed by atoms with Crippen LogP contribution in [0.2, 0.25) is 0 Å². The van der Waals surface area contributed by atoms with E-state index in [0.717, 1.165) is 24.1 Å². The second-order valence-corrected chi connectivity index (χ2v) is 12.8. The molecule has 0 saturated carbocycles. The number of carbonyl (C=O) groups is 1. The maximum absolute atomic E-state index is 14.1. The van der Waals surface area contributed by atoms with Gasteiger partial charge in [-0.05, 0) is 73.7 Å². The summed E-state index contributed by atoms with van der Waals surface area (Å²) in [6.45, 7) is 7.34. The minimum atomic E-state index is -3.88. The van der Waals surface area contributed by atoms with E-state index < -0.39 is 15.9 Å². The maximum atomic E-state index is 14.1. The van der Waals surface area contributed by atoms with Gasteiger partial charge in [-0.15, -0.1) is 0 Å². The summed E-state index contributed by atoms with van der Waals surface area (Å²) in [7, 11) is -3.88. The molecular formula is C30H33FN4O4S. The molecule has 2 fully saturated rings. The third kappa shape index (κ3) is 5.01. The molecule has 0 aromatic heterocycles. The number of aryl methyl sites for hydroxylation is 1. The number of fused-ring (bicyclic) bond motifs is 2. The van der Waals surface area contributed by atoms with Gasteiger partial charge in [-0.25, -0.2) is 12.8 Å². The lowest BCUT2D eigenvalue weighted by Crippen LogP contribution is -2.47. The Kier molecular flexibility index (Phi) is 6.92. The first-order valence-electron chi connectivity index (χ1n) is 13.7. The molecule has 0 bridgehead atoms. The van der Waals surface area contributed by atoms with Crippen LogP contribution in [0.4, 0.5) is 21.5 Å². The summed E-state index contributed by atoms with van der Waals surface area (Å²) in [5.41, 5.74) is 3.15. The van der Waals surface area contributed by atoms with Gasteiger partial charge in [-0.3, -0.25) is 4.79 Å². The number of benzene rings is 3. The molecule has 3 aromatic rings. The summed E-state index contributed by atoms with van der Waals surface area (Å²) in [6, 6.07) is 15.1. The van der Waals surface area contributed by atoms with Crippen LogP contribution >= 0.6 is 0 Å². The van der Waals surface area contributed by atoms with Crippen LogP contribution in [0.3, 0.4) is 0 Å². The average Bonchev–Trinajstić information content (AvgIpc) is 3.08. The quantitative estimate of drug-likeness (QED) is 0.467. The molecule has 8 nitrogen and oxygen atoms in total. The van der Waals surface area contributed by atoms with Gasteiger partial charge in [0.1, 0.15) is 16.5 Å². The summed E-state index contributed by atoms with van der Waals surface area (Å²) >= 11 is 0. The van der Waals surface area contributed by atoms with Crippen molar-refractivity contribution in [3.05, 3.63) is 71.5 Å². The van der Waals surface area contributed by atoms with Gasteiger partial charge in [-0.1, -0.05) is 13.0 Å². The number of nitrogens with one attached hydrogen (secondary N) is 1. The van der Waals surface area contributed by atoms with Crippen molar-refractivity contribution < 1.29 is 22.3 Å². The van der Waals surface area contributed by atoms with E-state index in [2.05, 4.69) is 17.1 Å². The molecule has 1 amide bonds. The van der Waals surface area contributed by atoms with Gasteiger partial charge in [0.05, 0.1) is 16.9 Å². The lowest BCUT2D eigenvalue weighted by Gasteiger charge is -2.39. The van der Waals surface area contributed by atoms with Crippen molar-refractivity contribution in [3.63, 3.8) is 0 Å². The number of piperazine rings is 1. The first-order chi connectivity index (χ1) is 19.2. The zero-order valence-corrected chi connectivity index (χ0v) is 23.5. The Morgan fingerprint density at radius 2 is 1.55 bits per heavy atom. The van der Waals surface area contributed by atoms with Crippen LogP contribution in [-0.4, -0.2) is 57.9 Å². The fraction of sp³-hybridized carbons (Fsp3) is 0.367. The smallest absolute Gasteiger partial charge is 0.259 e. The Balaban J connectivity index is 1.39. The van der Waals surface area contributed by atoms with Crippen molar-refractivity contribution in [1.82, 2.24) is 4.31 Å². The van der Waals surface area contributed by atoms with Crippen LogP contribution < -0.4 is 19.9 Å². The monoisotopic (exact) mass is 564 g/mol. The highest BCUT2D eigenvalue weighted by Crippen LogP contribution is 2.42. The van der Waals surface area contributed by atoms with Crippen LogP contribution in [0.25, 0.3) is 0 Å². The fourth-order valence-corrected chi connectivity index (χ4v) is 7.31. The number of halogens is 1. The lowest BCUT2D eigenvalue weighted by molar-refractivity contribution is 0.102. The summed E-state index contributed by atoms with van der Waals surface area (Å²) in [5.74, 6) is 0.608. The zero-order chi connectivity index (χ0) is 28.0. The molecule has 3 aliphatic heterocycles. The van der Waals surface area contributed by atoms with Crippen molar-refractivity contribution >= 4 is 33.0 Å². The number of hydrogen-bond donors (Lipinski definition) is 1. The molecule has 40 heavy (non-hydrogen) atoms. The van der Waals surface area contributed by atoms with E-state index in [1.165, 1.54) is 18.2 Å². The van der Waals surface area contributed by atoms with Gasteiger partial charge in [0, 0.05) is 51.0 Å². The van der Waals surface area contributed by atoms with Gasteiger partial charge < -0.3 is 19.9 Å². The molecule has 1 N–H and O–H groups in total. The number of hydrogen-bond acceptors (Lipinski definition) is 6. The first kappa shape index (κ1) is 26.6. The van der Waals surface area contributed by atoms with Crippen molar-refractivity contribution in [2.75, 3.05) is 54.4 Å². The van der Waals surface area contributed by atoms with Crippen LogP contribution in [0, 0.1) is 18.7 Å². The second-order valence-electron chi connectivity index (χ2n) is 10.9. The second kappa shape index (κ2) is 10.4. The molecule has 3 heterocycles. The number of anilines is 3. The van der Waals surface area contributed by atoms with Gasteiger partial charge in [0.15, 0.2) is 5.75 Å². The molecule has 0 unspecified atom stereocenters. The highest BCUT2D eigenvalue weighted by molar-refractivity contribution is 7.89. The predicted molar refractivity (Wildman–Crippen MR) is 154 cm³/mol. The van der Waals surface area contributed by atoms with Gasteiger partial charge >= 0.3 is 0 Å². The Bertz CT molecular complexity index is 1540. The molecule has 10 heteroatoms. The molecule has 0 radical (unpaired) electrons. The Hall–Kier alpha value is -3.63. The van der Waals surface area contributed by atoms with Crippen molar-refractivity contribution in [3.8, 4) is 11.5 Å². The van der Waals surface area contributed by atoms with E-state index in [4.69, 9.17) is 4.74 Å². The Labute approximate surface area is 234 Å². The largest absolute Gasteiger partial charge is 0.454 e. The summed E-state index contributed by atoms with van der Waals surface area (Å²) < 4.78 is 49.4. The molecule has 6 rings (SSSR count). The molecule has 0 spiro atoms. The van der Waals surface area contributed by atoms with Crippen LogP contribution in [0.5, 0.6) is 11.5 Å². The van der Waals surface area contributed by atoms with E-state index in [1.54, 1.807) is 28.6 Å². The molecule has 3 aliphatic rings. The van der Waals surface area contributed by atoms with Crippen LogP contribution in [0.15, 0.2) is 59.5 Å². The number of amides is 1. The summed E-state index contributed by atoms with van der Waals surface area (Å²) in [4.78, 5) is 17.7. The minimum absolute atomic E-state index is 0.122. The SMILES string of the molecule is Cc1ccc2c(c1)NC(=O)c1cc(S(=O)(=O)N3CCC(C)CC3)c(N3CCN(c4ccc(F)cc4)CC3)cc1O2. The van der Waals surface area contributed by atoms with Crippen molar-refractivity contribution in [1.29, 1.82) is 0 Å². The molecule has 2 saturated heterocycles. The van der Waals surface area contributed by atoms with Crippen molar-refractivity contribution in [2.45, 2.75) is 31.6 Å². The van der Waals surface area contributed by atoms with Gasteiger partial charge in [-0.2, -0.15) is 4.31 Å². The Morgan fingerprint density at radius 3 is 2.25 bits per heavy atom. The molecule has 3 aromatic carbocycles. The number of sulfonamides is 1. The number of rotatable bonds is 4. The summed E-state index contributed by atoms with van der Waals surface area (Å²) in [5, 5.41) is 2.89. The van der Waals surface area contributed by atoms with E-state index >= 15 is 0 Å². The van der Waals surface area contributed by atoms with Crippen LogP contribution in [-0.2, 0) is 10.0 Å². The molecule has 0 aliphatic carbocycles. The van der Waals surface area contributed by atoms with E-state index in [0.29, 0.717) is 68.1 Å². The zero-order valence-electron chi connectivity index (χ0n) is 22.7. The highest BCUT2D eigenvalue weighted by atomic mass is 32.2. The third-order valence-electron chi connectivity index (χ3n) is 8.08. The highest BCUT2D eigenvalue weighted by Gasteiger charge is 2.35. The molecule has 0 atom stereocenters. The number of carbonyl (C=O) groups excluding carboxylic acids is 1. The van der Waals surface area contributed by atoms with Gasteiger partial charge in [0.2, 0.25) is 10.0 Å². The van der Waals surface area contributed by atoms with Crippen molar-refractivity contribution in [2.24, 2.45) is 5.92 Å². The van der Waals surface area contributed by atoms with E-state index in [-0.39, 0.29) is 16.3 Å². The fourth-order valence-electron chi connectivity index (χ4n) is 5.63. The first-order valence-corrected chi connectivity index (χ1v) is 15.2. The number of nitrogens with zero attached hydrogens (tertiary/aromatic N) is 3. The van der Waals surface area contributed by atoms with E-state index in [9.17, 15) is 17.6 Å². The molecule has 210 valence electrons. The average molecular weight is 565 g/mol.